The molecule has 7 heteroatoms. The van der Waals surface area contributed by atoms with E-state index in [1.807, 2.05) is 31.1 Å². The van der Waals surface area contributed by atoms with E-state index in [1.54, 1.807) is 12.1 Å². The Kier molecular flexibility index (Phi) is 4.78. The number of rotatable bonds is 3. The Hall–Kier alpha value is -2.70. The van der Waals surface area contributed by atoms with E-state index in [2.05, 4.69) is 10.6 Å². The van der Waals surface area contributed by atoms with Gasteiger partial charge in [-0.3, -0.25) is 0 Å². The number of urea groups is 1. The van der Waals surface area contributed by atoms with Gasteiger partial charge in [0.2, 0.25) is 0 Å². The minimum absolute atomic E-state index is 0.0715. The molecule has 2 aromatic rings. The average molecular weight is 323 g/mol. The SMILES string of the molecule is CN(C)c1ccc(NC(=O)Nc2cccc(C(F)(F)F)c2)cc1. The Morgan fingerprint density at radius 2 is 1.57 bits per heavy atom. The third kappa shape index (κ3) is 4.64. The lowest BCUT2D eigenvalue weighted by Gasteiger charge is -2.13. The predicted octanol–water partition coefficient (Wildman–Crippen LogP) is 4.42. The lowest BCUT2D eigenvalue weighted by Crippen LogP contribution is -2.20. The number of amides is 2. The zero-order valence-corrected chi connectivity index (χ0v) is 12.6. The highest BCUT2D eigenvalue weighted by Crippen LogP contribution is 2.30. The molecule has 0 aliphatic heterocycles. The summed E-state index contributed by atoms with van der Waals surface area (Å²) in [6.45, 7) is 0. The zero-order valence-electron chi connectivity index (χ0n) is 12.6. The lowest BCUT2D eigenvalue weighted by atomic mass is 10.2. The van der Waals surface area contributed by atoms with Crippen molar-refractivity contribution in [3.63, 3.8) is 0 Å². The molecule has 0 aliphatic carbocycles. The number of nitrogens with zero attached hydrogens (tertiary/aromatic N) is 1. The van der Waals surface area contributed by atoms with Crippen LogP contribution in [0, 0.1) is 0 Å². The number of hydrogen-bond donors (Lipinski definition) is 2. The minimum Gasteiger partial charge on any atom is -0.378 e. The van der Waals surface area contributed by atoms with Gasteiger partial charge in [-0.1, -0.05) is 6.07 Å². The minimum atomic E-state index is -4.45. The van der Waals surface area contributed by atoms with Crippen molar-refractivity contribution in [2.45, 2.75) is 6.18 Å². The standard InChI is InChI=1S/C16H16F3N3O/c1-22(2)14-8-6-12(7-9-14)20-15(23)21-13-5-3-4-11(10-13)16(17,18)19/h3-10H,1-2H3,(H2,20,21,23). The van der Waals surface area contributed by atoms with E-state index in [0.717, 1.165) is 17.8 Å². The third-order valence-corrected chi connectivity index (χ3v) is 3.09. The number of halogens is 3. The Bertz CT molecular complexity index is 682. The number of benzene rings is 2. The summed E-state index contributed by atoms with van der Waals surface area (Å²) in [5.41, 5.74) is 0.766. The van der Waals surface area contributed by atoms with Gasteiger partial charge in [0.15, 0.2) is 0 Å². The van der Waals surface area contributed by atoms with Crippen LogP contribution in [0.3, 0.4) is 0 Å². The highest BCUT2D eigenvalue weighted by molar-refractivity contribution is 5.99. The molecule has 0 spiro atoms. The molecule has 0 unspecified atom stereocenters. The van der Waals surface area contributed by atoms with Crippen molar-refractivity contribution < 1.29 is 18.0 Å². The fourth-order valence-electron chi connectivity index (χ4n) is 1.91. The van der Waals surface area contributed by atoms with Crippen molar-refractivity contribution >= 4 is 23.1 Å². The summed E-state index contributed by atoms with van der Waals surface area (Å²) in [4.78, 5) is 13.8. The second-order valence-corrected chi connectivity index (χ2v) is 5.10. The van der Waals surface area contributed by atoms with Gasteiger partial charge in [0, 0.05) is 31.2 Å². The van der Waals surface area contributed by atoms with Crippen molar-refractivity contribution in [3.8, 4) is 0 Å². The number of hydrogen-bond acceptors (Lipinski definition) is 2. The Balaban J connectivity index is 2.02. The molecular weight excluding hydrogens is 307 g/mol. The fraction of sp³-hybridized carbons (Fsp3) is 0.188. The largest absolute Gasteiger partial charge is 0.416 e. The molecule has 0 saturated carbocycles. The average Bonchev–Trinajstić information content (AvgIpc) is 2.47. The van der Waals surface area contributed by atoms with Crippen LogP contribution in [0.4, 0.5) is 35.0 Å². The van der Waals surface area contributed by atoms with Crippen LogP contribution < -0.4 is 15.5 Å². The van der Waals surface area contributed by atoms with Crippen LogP contribution >= 0.6 is 0 Å². The molecule has 0 fully saturated rings. The highest BCUT2D eigenvalue weighted by Gasteiger charge is 2.30. The summed E-state index contributed by atoms with van der Waals surface area (Å²) in [7, 11) is 3.78. The molecule has 0 aliphatic rings. The zero-order chi connectivity index (χ0) is 17.0. The van der Waals surface area contributed by atoms with E-state index in [-0.39, 0.29) is 5.69 Å². The van der Waals surface area contributed by atoms with Crippen LogP contribution in [0.15, 0.2) is 48.5 Å². The number of carbonyl (C=O) groups is 1. The first-order valence-corrected chi connectivity index (χ1v) is 6.78. The molecule has 0 atom stereocenters. The summed E-state index contributed by atoms with van der Waals surface area (Å²) >= 11 is 0. The fourth-order valence-corrected chi connectivity index (χ4v) is 1.91. The van der Waals surface area contributed by atoms with Crippen LogP contribution in [0.25, 0.3) is 0 Å². The van der Waals surface area contributed by atoms with Crippen molar-refractivity contribution in [2.24, 2.45) is 0 Å². The molecule has 0 bridgehead atoms. The first-order valence-electron chi connectivity index (χ1n) is 6.78. The van der Waals surface area contributed by atoms with Crippen LogP contribution in [0.2, 0.25) is 0 Å². The topological polar surface area (TPSA) is 44.4 Å². The molecular formula is C16H16F3N3O. The molecule has 2 aromatic carbocycles. The monoisotopic (exact) mass is 323 g/mol. The lowest BCUT2D eigenvalue weighted by molar-refractivity contribution is -0.137. The molecule has 4 nitrogen and oxygen atoms in total. The smallest absolute Gasteiger partial charge is 0.378 e. The molecule has 2 amide bonds. The summed E-state index contributed by atoms with van der Waals surface area (Å²) in [5.74, 6) is 0. The predicted molar refractivity (Wildman–Crippen MR) is 84.9 cm³/mol. The molecule has 122 valence electrons. The van der Waals surface area contributed by atoms with Crippen LogP contribution in [-0.2, 0) is 6.18 Å². The Labute approximate surface area is 131 Å². The van der Waals surface area contributed by atoms with Crippen LogP contribution in [0.5, 0.6) is 0 Å². The van der Waals surface area contributed by atoms with Gasteiger partial charge in [0.1, 0.15) is 0 Å². The maximum atomic E-state index is 12.6. The third-order valence-electron chi connectivity index (χ3n) is 3.09. The van der Waals surface area contributed by atoms with Gasteiger partial charge < -0.3 is 15.5 Å². The first kappa shape index (κ1) is 16.7. The number of anilines is 3. The number of nitrogens with one attached hydrogen (secondary N) is 2. The maximum Gasteiger partial charge on any atom is 0.416 e. The van der Waals surface area contributed by atoms with Gasteiger partial charge >= 0.3 is 12.2 Å². The Morgan fingerprint density at radius 3 is 2.13 bits per heavy atom. The van der Waals surface area contributed by atoms with Crippen LogP contribution in [0.1, 0.15) is 5.56 Å². The number of carbonyl (C=O) groups excluding carboxylic acids is 1. The number of alkyl halides is 3. The van der Waals surface area contributed by atoms with E-state index in [9.17, 15) is 18.0 Å². The summed E-state index contributed by atoms with van der Waals surface area (Å²) in [6.07, 6.45) is -4.45. The van der Waals surface area contributed by atoms with E-state index in [1.165, 1.54) is 12.1 Å². The van der Waals surface area contributed by atoms with E-state index in [0.29, 0.717) is 5.69 Å². The van der Waals surface area contributed by atoms with Crippen molar-refractivity contribution in [1.29, 1.82) is 0 Å². The van der Waals surface area contributed by atoms with E-state index >= 15 is 0 Å². The molecule has 2 N–H and O–H groups in total. The van der Waals surface area contributed by atoms with Gasteiger partial charge in [0.05, 0.1) is 5.56 Å². The van der Waals surface area contributed by atoms with Gasteiger partial charge in [-0.2, -0.15) is 13.2 Å². The van der Waals surface area contributed by atoms with Gasteiger partial charge in [-0.05, 0) is 42.5 Å². The van der Waals surface area contributed by atoms with Gasteiger partial charge in [-0.15, -0.1) is 0 Å². The molecule has 0 radical (unpaired) electrons. The second kappa shape index (κ2) is 6.60. The molecule has 2 rings (SSSR count). The van der Waals surface area contributed by atoms with Crippen molar-refractivity contribution in [3.05, 3.63) is 54.1 Å². The van der Waals surface area contributed by atoms with Crippen LogP contribution in [-0.4, -0.2) is 20.1 Å². The van der Waals surface area contributed by atoms with E-state index < -0.39 is 17.8 Å². The van der Waals surface area contributed by atoms with E-state index in [4.69, 9.17) is 0 Å². The molecule has 0 saturated heterocycles. The summed E-state index contributed by atoms with van der Waals surface area (Å²) in [5, 5.41) is 4.94. The summed E-state index contributed by atoms with van der Waals surface area (Å²) < 4.78 is 37.9. The molecule has 0 aromatic heterocycles. The quantitative estimate of drug-likeness (QED) is 0.878. The molecule has 23 heavy (non-hydrogen) atoms. The highest BCUT2D eigenvalue weighted by atomic mass is 19.4. The van der Waals surface area contributed by atoms with Gasteiger partial charge in [0.25, 0.3) is 0 Å². The summed E-state index contributed by atoms with van der Waals surface area (Å²) in [6, 6.07) is 10.9. The normalized spacial score (nSPS) is 11.0. The van der Waals surface area contributed by atoms with Crippen molar-refractivity contribution in [2.75, 3.05) is 29.6 Å². The van der Waals surface area contributed by atoms with Gasteiger partial charge in [-0.25, -0.2) is 4.79 Å². The second-order valence-electron chi connectivity index (χ2n) is 5.10. The Morgan fingerprint density at radius 1 is 0.957 bits per heavy atom. The first-order chi connectivity index (χ1) is 10.8. The van der Waals surface area contributed by atoms with Crippen molar-refractivity contribution in [1.82, 2.24) is 0 Å². The molecule has 0 heterocycles. The maximum absolute atomic E-state index is 12.6.